The van der Waals surface area contributed by atoms with Crippen LogP contribution in [0.3, 0.4) is 0 Å². The predicted molar refractivity (Wildman–Crippen MR) is 82.0 cm³/mol. The van der Waals surface area contributed by atoms with Crippen LogP contribution in [0, 0.1) is 17.8 Å². The number of rotatable bonds is 3. The molecule has 3 amide bonds. The van der Waals surface area contributed by atoms with Crippen LogP contribution in [0.5, 0.6) is 0 Å². The van der Waals surface area contributed by atoms with Crippen molar-refractivity contribution in [2.45, 2.75) is 19.6 Å². The van der Waals surface area contributed by atoms with Crippen molar-refractivity contribution in [2.24, 2.45) is 17.8 Å². The fraction of sp³-hybridized carbons (Fsp3) is 0.353. The maximum atomic E-state index is 12.0. The van der Waals surface area contributed by atoms with Crippen LogP contribution in [0.15, 0.2) is 42.5 Å². The van der Waals surface area contributed by atoms with Gasteiger partial charge in [-0.1, -0.05) is 49.4 Å². The molecule has 1 saturated heterocycles. The molecule has 1 fully saturated rings. The number of nitrogens with one attached hydrogen (secondary N) is 2. The van der Waals surface area contributed by atoms with Gasteiger partial charge in [0, 0.05) is 0 Å². The van der Waals surface area contributed by atoms with Crippen LogP contribution >= 0.6 is 0 Å². The van der Waals surface area contributed by atoms with E-state index in [9.17, 15) is 14.4 Å². The molecule has 0 aromatic heterocycles. The van der Waals surface area contributed by atoms with Gasteiger partial charge in [0.15, 0.2) is 0 Å². The molecule has 2 aliphatic rings. The molecule has 1 aromatic rings. The van der Waals surface area contributed by atoms with Gasteiger partial charge in [0.05, 0.1) is 17.9 Å². The second kappa shape index (κ2) is 6.24. The second-order valence-corrected chi connectivity index (χ2v) is 5.88. The molecule has 1 aliphatic heterocycles. The third-order valence-corrected chi connectivity index (χ3v) is 4.31. The van der Waals surface area contributed by atoms with Gasteiger partial charge in [-0.2, -0.15) is 0 Å². The van der Waals surface area contributed by atoms with E-state index in [0.29, 0.717) is 0 Å². The van der Waals surface area contributed by atoms with E-state index >= 15 is 0 Å². The Bertz CT molecular complexity index is 656. The number of amides is 3. The number of hydrogen-bond acceptors (Lipinski definition) is 4. The van der Waals surface area contributed by atoms with E-state index in [1.54, 1.807) is 6.08 Å². The number of benzene rings is 1. The summed E-state index contributed by atoms with van der Waals surface area (Å²) in [4.78, 5) is 35.8. The lowest BCUT2D eigenvalue weighted by Gasteiger charge is -2.30. The predicted octanol–water partition coefficient (Wildman–Crippen LogP) is 1.38. The first-order chi connectivity index (χ1) is 11.1. The monoisotopic (exact) mass is 314 g/mol. The van der Waals surface area contributed by atoms with Crippen molar-refractivity contribution in [2.75, 3.05) is 0 Å². The molecule has 23 heavy (non-hydrogen) atoms. The fourth-order valence-corrected chi connectivity index (χ4v) is 3.14. The summed E-state index contributed by atoms with van der Waals surface area (Å²) < 4.78 is 5.17. The van der Waals surface area contributed by atoms with Crippen molar-refractivity contribution in [1.82, 2.24) is 10.6 Å². The zero-order chi connectivity index (χ0) is 16.4. The summed E-state index contributed by atoms with van der Waals surface area (Å²) in [6, 6.07) is 8.78. The Labute approximate surface area is 133 Å². The summed E-state index contributed by atoms with van der Waals surface area (Å²) in [5, 5.41) is 5.01. The number of imide groups is 1. The van der Waals surface area contributed by atoms with E-state index in [-0.39, 0.29) is 24.3 Å². The first kappa shape index (κ1) is 15.3. The summed E-state index contributed by atoms with van der Waals surface area (Å²) >= 11 is 0. The Morgan fingerprint density at radius 1 is 1.13 bits per heavy atom. The lowest BCUT2D eigenvalue weighted by molar-refractivity contribution is -0.126. The average molecular weight is 314 g/mol. The molecular weight excluding hydrogens is 296 g/mol. The van der Waals surface area contributed by atoms with Crippen molar-refractivity contribution in [3.05, 3.63) is 48.0 Å². The van der Waals surface area contributed by atoms with Gasteiger partial charge in [-0.05, 0) is 11.5 Å². The molecule has 0 bridgehead atoms. The van der Waals surface area contributed by atoms with Crippen molar-refractivity contribution in [3.63, 3.8) is 0 Å². The quantitative estimate of drug-likeness (QED) is 0.652. The van der Waals surface area contributed by atoms with E-state index in [2.05, 4.69) is 10.6 Å². The van der Waals surface area contributed by atoms with Gasteiger partial charge < -0.3 is 10.1 Å². The van der Waals surface area contributed by atoms with E-state index in [0.717, 1.165) is 5.56 Å². The maximum Gasteiger partial charge on any atom is 0.407 e. The number of hydrogen-bond donors (Lipinski definition) is 2. The van der Waals surface area contributed by atoms with Gasteiger partial charge in [-0.3, -0.25) is 14.9 Å². The highest BCUT2D eigenvalue weighted by Crippen LogP contribution is 2.34. The number of ether oxygens (including phenoxy) is 1. The number of alkyl carbamates (subject to hydrolysis) is 1. The molecule has 1 heterocycles. The molecule has 2 N–H and O–H groups in total. The standard InChI is InChI=1S/C17H18N2O4/c1-10-7-8-12(14-13(10)15(20)19-16(14)21)18-17(22)23-9-11-5-3-2-4-6-11/h2-8,10,12-14H,9H2,1H3,(H,18,22)(H,19,20,21)/t10-,12+,13-,14+/m1/s1. The highest BCUT2D eigenvalue weighted by Gasteiger charge is 2.49. The van der Waals surface area contributed by atoms with E-state index in [1.165, 1.54) is 0 Å². The summed E-state index contributed by atoms with van der Waals surface area (Å²) in [5.74, 6) is -1.67. The first-order valence-corrected chi connectivity index (χ1v) is 7.56. The minimum atomic E-state index is -0.607. The molecule has 4 atom stereocenters. The number of carbonyl (C=O) groups excluding carboxylic acids is 3. The molecule has 0 saturated carbocycles. The number of fused-ring (bicyclic) bond motifs is 1. The summed E-state index contributed by atoms with van der Waals surface area (Å²) in [6.07, 6.45) is 3.00. The normalized spacial score (nSPS) is 28.9. The largest absolute Gasteiger partial charge is 0.445 e. The smallest absolute Gasteiger partial charge is 0.407 e. The van der Waals surface area contributed by atoms with Crippen LogP contribution in [-0.2, 0) is 20.9 Å². The average Bonchev–Trinajstić information content (AvgIpc) is 2.85. The number of carbonyl (C=O) groups is 3. The lowest BCUT2D eigenvalue weighted by atomic mass is 9.75. The number of allylic oxidation sites excluding steroid dienone is 1. The molecule has 120 valence electrons. The summed E-state index contributed by atoms with van der Waals surface area (Å²) in [6.45, 7) is 2.04. The van der Waals surface area contributed by atoms with E-state index in [1.807, 2.05) is 43.3 Å². The zero-order valence-electron chi connectivity index (χ0n) is 12.7. The van der Waals surface area contributed by atoms with E-state index in [4.69, 9.17) is 4.74 Å². The third-order valence-electron chi connectivity index (χ3n) is 4.31. The lowest BCUT2D eigenvalue weighted by Crippen LogP contribution is -2.46. The maximum absolute atomic E-state index is 12.0. The van der Waals surface area contributed by atoms with E-state index < -0.39 is 24.0 Å². The molecule has 6 heteroatoms. The molecule has 3 rings (SSSR count). The molecule has 0 radical (unpaired) electrons. The van der Waals surface area contributed by atoms with Crippen LogP contribution in [0.2, 0.25) is 0 Å². The molecular formula is C17H18N2O4. The van der Waals surface area contributed by atoms with Crippen molar-refractivity contribution >= 4 is 17.9 Å². The Hall–Kier alpha value is -2.63. The van der Waals surface area contributed by atoms with Gasteiger partial charge in [0.2, 0.25) is 11.8 Å². The molecule has 1 aromatic carbocycles. The van der Waals surface area contributed by atoms with Gasteiger partial charge in [-0.15, -0.1) is 0 Å². The molecule has 0 unspecified atom stereocenters. The fourth-order valence-electron chi connectivity index (χ4n) is 3.14. The SMILES string of the molecule is C[C@@H]1C=C[C@H](NC(=O)OCc2ccccc2)[C@@H]2C(=O)NC(=O)[C@@H]21. The minimum Gasteiger partial charge on any atom is -0.445 e. The summed E-state index contributed by atoms with van der Waals surface area (Å²) in [7, 11) is 0. The van der Waals surface area contributed by atoms with Crippen LogP contribution in [-0.4, -0.2) is 23.9 Å². The Kier molecular flexibility index (Phi) is 4.14. The van der Waals surface area contributed by atoms with Crippen LogP contribution < -0.4 is 10.6 Å². The van der Waals surface area contributed by atoms with Gasteiger partial charge >= 0.3 is 6.09 Å². The molecule has 0 spiro atoms. The Balaban J connectivity index is 1.63. The Morgan fingerprint density at radius 3 is 2.57 bits per heavy atom. The topological polar surface area (TPSA) is 84.5 Å². The highest BCUT2D eigenvalue weighted by atomic mass is 16.5. The first-order valence-electron chi connectivity index (χ1n) is 7.56. The van der Waals surface area contributed by atoms with Gasteiger partial charge in [-0.25, -0.2) is 4.79 Å². The minimum absolute atomic E-state index is 0.0372. The van der Waals surface area contributed by atoms with Gasteiger partial charge in [0.25, 0.3) is 0 Å². The van der Waals surface area contributed by atoms with Crippen LogP contribution in [0.4, 0.5) is 4.79 Å². The van der Waals surface area contributed by atoms with Crippen LogP contribution in [0.1, 0.15) is 12.5 Å². The third kappa shape index (κ3) is 3.11. The Morgan fingerprint density at radius 2 is 1.83 bits per heavy atom. The van der Waals surface area contributed by atoms with Gasteiger partial charge in [0.1, 0.15) is 6.61 Å². The molecule has 6 nitrogen and oxygen atoms in total. The molecule has 1 aliphatic carbocycles. The van der Waals surface area contributed by atoms with Crippen LogP contribution in [0.25, 0.3) is 0 Å². The summed E-state index contributed by atoms with van der Waals surface area (Å²) in [5.41, 5.74) is 0.877. The van der Waals surface area contributed by atoms with Crippen molar-refractivity contribution < 1.29 is 19.1 Å². The zero-order valence-corrected chi connectivity index (χ0v) is 12.7. The second-order valence-electron chi connectivity index (χ2n) is 5.88. The van der Waals surface area contributed by atoms with Crippen molar-refractivity contribution in [1.29, 1.82) is 0 Å². The highest BCUT2D eigenvalue weighted by molar-refractivity contribution is 6.06. The van der Waals surface area contributed by atoms with Crippen molar-refractivity contribution in [3.8, 4) is 0 Å².